The number of esters is 1. The minimum Gasteiger partial charge on any atom is -0.497 e. The number of hydrogen-bond acceptors (Lipinski definition) is 6. The van der Waals surface area contributed by atoms with Crippen LogP contribution in [0, 0.1) is 5.92 Å². The molecule has 1 aliphatic rings. The zero-order chi connectivity index (χ0) is 15.4. The predicted molar refractivity (Wildman–Crippen MR) is 72.6 cm³/mol. The number of ketones is 2. The van der Waals surface area contributed by atoms with E-state index in [1.54, 1.807) is 19.1 Å². The Morgan fingerprint density at radius 2 is 2.14 bits per heavy atom. The number of ether oxygens (including phenoxy) is 3. The number of hydrogen-bond donors (Lipinski definition) is 0. The molecule has 0 aliphatic carbocycles. The third kappa shape index (κ3) is 3.04. The number of Topliss-reactive ketones (excluding diaryl/α,β-unsaturated/α-hetero) is 2. The van der Waals surface area contributed by atoms with E-state index in [9.17, 15) is 14.4 Å². The maximum absolute atomic E-state index is 12.4. The zero-order valence-corrected chi connectivity index (χ0v) is 11.9. The third-order valence-electron chi connectivity index (χ3n) is 3.23. The lowest BCUT2D eigenvalue weighted by molar-refractivity contribution is -0.154. The van der Waals surface area contributed by atoms with E-state index in [1.165, 1.54) is 13.2 Å². The quantitative estimate of drug-likeness (QED) is 0.474. The summed E-state index contributed by atoms with van der Waals surface area (Å²) in [6, 6.07) is 4.73. The summed E-state index contributed by atoms with van der Waals surface area (Å²) in [5.74, 6) is -2.38. The van der Waals surface area contributed by atoms with Crippen LogP contribution < -0.4 is 9.47 Å². The first-order chi connectivity index (χ1) is 10.1. The number of fused-ring (bicyclic) bond motifs is 1. The summed E-state index contributed by atoms with van der Waals surface area (Å²) in [5, 5.41) is 0. The molecule has 1 aromatic rings. The van der Waals surface area contributed by atoms with Gasteiger partial charge in [-0.25, -0.2) is 4.79 Å². The van der Waals surface area contributed by atoms with Gasteiger partial charge in [-0.3, -0.25) is 9.59 Å². The van der Waals surface area contributed by atoms with Gasteiger partial charge in [0, 0.05) is 6.07 Å². The molecule has 1 aromatic carbocycles. The van der Waals surface area contributed by atoms with Crippen molar-refractivity contribution in [2.45, 2.75) is 13.3 Å². The topological polar surface area (TPSA) is 78.9 Å². The molecular weight excluding hydrogens is 276 g/mol. The first kappa shape index (κ1) is 15.0. The van der Waals surface area contributed by atoms with E-state index in [2.05, 4.69) is 4.74 Å². The average molecular weight is 292 g/mol. The standard InChI is InChI=1S/C15H16O6/c1-3-20-15(18)14(17)11-6-7-21-12-8-9(19-2)4-5-10(12)13(11)16/h4-5,8,11H,3,6-7H2,1-2H3. The summed E-state index contributed by atoms with van der Waals surface area (Å²) >= 11 is 0. The van der Waals surface area contributed by atoms with Crippen LogP contribution >= 0.6 is 0 Å². The molecule has 6 nitrogen and oxygen atoms in total. The normalized spacial score (nSPS) is 17.2. The van der Waals surface area contributed by atoms with E-state index in [0.717, 1.165) is 0 Å². The number of carbonyl (C=O) groups is 3. The summed E-state index contributed by atoms with van der Waals surface area (Å²) in [5.41, 5.74) is 0.274. The Hall–Kier alpha value is -2.37. The molecule has 1 aliphatic heterocycles. The fourth-order valence-electron chi connectivity index (χ4n) is 2.15. The highest BCUT2D eigenvalue weighted by Gasteiger charge is 2.36. The smallest absolute Gasteiger partial charge is 0.375 e. The lowest BCUT2D eigenvalue weighted by Gasteiger charge is -2.10. The number of benzene rings is 1. The molecule has 2 rings (SSSR count). The van der Waals surface area contributed by atoms with Crippen LogP contribution in [0.5, 0.6) is 11.5 Å². The Balaban J connectivity index is 2.29. The van der Waals surface area contributed by atoms with E-state index in [-0.39, 0.29) is 25.2 Å². The van der Waals surface area contributed by atoms with Gasteiger partial charge in [0.1, 0.15) is 11.5 Å². The molecule has 112 valence electrons. The van der Waals surface area contributed by atoms with Crippen LogP contribution in [0.3, 0.4) is 0 Å². The van der Waals surface area contributed by atoms with Gasteiger partial charge >= 0.3 is 5.97 Å². The minimum atomic E-state index is -1.06. The van der Waals surface area contributed by atoms with Crippen molar-refractivity contribution in [1.29, 1.82) is 0 Å². The summed E-state index contributed by atoms with van der Waals surface area (Å²) in [6.45, 7) is 1.86. The van der Waals surface area contributed by atoms with Crippen LogP contribution in [-0.2, 0) is 14.3 Å². The molecule has 0 saturated heterocycles. The van der Waals surface area contributed by atoms with Gasteiger partial charge in [-0.2, -0.15) is 0 Å². The Labute approximate surface area is 122 Å². The second-order valence-electron chi connectivity index (χ2n) is 4.50. The van der Waals surface area contributed by atoms with Gasteiger partial charge in [0.25, 0.3) is 5.78 Å². The van der Waals surface area contributed by atoms with Crippen LogP contribution in [0.25, 0.3) is 0 Å². The second-order valence-corrected chi connectivity index (χ2v) is 4.50. The molecule has 6 heteroatoms. The van der Waals surface area contributed by atoms with Crippen LogP contribution in [0.1, 0.15) is 23.7 Å². The van der Waals surface area contributed by atoms with Crippen molar-refractivity contribution in [3.63, 3.8) is 0 Å². The monoisotopic (exact) mass is 292 g/mol. The van der Waals surface area contributed by atoms with E-state index in [0.29, 0.717) is 11.5 Å². The molecule has 0 saturated carbocycles. The van der Waals surface area contributed by atoms with Gasteiger partial charge in [-0.15, -0.1) is 0 Å². The molecule has 0 aromatic heterocycles. The fraction of sp³-hybridized carbons (Fsp3) is 0.400. The van der Waals surface area contributed by atoms with Crippen molar-refractivity contribution in [3.05, 3.63) is 23.8 Å². The van der Waals surface area contributed by atoms with Gasteiger partial charge in [0.15, 0.2) is 5.78 Å². The summed E-state index contributed by atoms with van der Waals surface area (Å²) in [6.07, 6.45) is 0.146. The van der Waals surface area contributed by atoms with Gasteiger partial charge in [-0.05, 0) is 25.5 Å². The maximum atomic E-state index is 12.4. The Morgan fingerprint density at radius 1 is 1.38 bits per heavy atom. The molecule has 0 spiro atoms. The van der Waals surface area contributed by atoms with Crippen LogP contribution in [0.15, 0.2) is 18.2 Å². The van der Waals surface area contributed by atoms with E-state index in [4.69, 9.17) is 9.47 Å². The number of rotatable bonds is 4. The maximum Gasteiger partial charge on any atom is 0.375 e. The minimum absolute atomic E-state index is 0.0930. The lowest BCUT2D eigenvalue weighted by atomic mass is 9.91. The summed E-state index contributed by atoms with van der Waals surface area (Å²) in [4.78, 5) is 36.0. The first-order valence-corrected chi connectivity index (χ1v) is 6.64. The largest absolute Gasteiger partial charge is 0.497 e. The molecule has 1 atom stereocenters. The van der Waals surface area contributed by atoms with Crippen molar-refractivity contribution in [3.8, 4) is 11.5 Å². The highest BCUT2D eigenvalue weighted by Crippen LogP contribution is 2.31. The van der Waals surface area contributed by atoms with Crippen molar-refractivity contribution in [2.75, 3.05) is 20.3 Å². The third-order valence-corrected chi connectivity index (χ3v) is 3.23. The molecule has 0 fully saturated rings. The molecule has 0 radical (unpaired) electrons. The lowest BCUT2D eigenvalue weighted by Crippen LogP contribution is -2.31. The number of carbonyl (C=O) groups excluding carboxylic acids is 3. The van der Waals surface area contributed by atoms with Crippen LogP contribution in [-0.4, -0.2) is 37.9 Å². The van der Waals surface area contributed by atoms with Crippen molar-refractivity contribution >= 4 is 17.5 Å². The van der Waals surface area contributed by atoms with Gasteiger partial charge in [0.05, 0.1) is 31.8 Å². The van der Waals surface area contributed by atoms with E-state index >= 15 is 0 Å². The molecule has 1 unspecified atom stereocenters. The fourth-order valence-corrected chi connectivity index (χ4v) is 2.15. The van der Waals surface area contributed by atoms with Crippen molar-refractivity contribution < 1.29 is 28.6 Å². The molecule has 0 amide bonds. The summed E-state index contributed by atoms with van der Waals surface area (Å²) in [7, 11) is 1.51. The van der Waals surface area contributed by atoms with E-state index in [1.807, 2.05) is 0 Å². The average Bonchev–Trinajstić information content (AvgIpc) is 2.65. The van der Waals surface area contributed by atoms with Crippen LogP contribution in [0.2, 0.25) is 0 Å². The van der Waals surface area contributed by atoms with Crippen molar-refractivity contribution in [1.82, 2.24) is 0 Å². The molecular formula is C15H16O6. The number of methoxy groups -OCH3 is 1. The zero-order valence-electron chi connectivity index (χ0n) is 11.9. The van der Waals surface area contributed by atoms with Gasteiger partial charge < -0.3 is 14.2 Å². The highest BCUT2D eigenvalue weighted by atomic mass is 16.5. The molecule has 21 heavy (non-hydrogen) atoms. The SMILES string of the molecule is CCOC(=O)C(=O)C1CCOc2cc(OC)ccc2C1=O. The second kappa shape index (κ2) is 6.39. The van der Waals surface area contributed by atoms with Gasteiger partial charge in [0.2, 0.25) is 0 Å². The first-order valence-electron chi connectivity index (χ1n) is 6.64. The molecule has 0 bridgehead atoms. The summed E-state index contributed by atoms with van der Waals surface area (Å²) < 4.78 is 15.2. The Kier molecular flexibility index (Phi) is 4.57. The van der Waals surface area contributed by atoms with Crippen molar-refractivity contribution in [2.24, 2.45) is 5.92 Å². The molecule has 0 N–H and O–H groups in total. The van der Waals surface area contributed by atoms with Crippen LogP contribution in [0.4, 0.5) is 0 Å². The Bertz CT molecular complexity index is 578. The predicted octanol–water partition coefficient (Wildman–Crippen LogP) is 1.41. The molecule has 1 heterocycles. The van der Waals surface area contributed by atoms with Gasteiger partial charge in [-0.1, -0.05) is 0 Å². The van der Waals surface area contributed by atoms with E-state index < -0.39 is 23.5 Å². The Morgan fingerprint density at radius 3 is 2.81 bits per heavy atom. The highest BCUT2D eigenvalue weighted by molar-refractivity contribution is 6.39.